The molecule has 3 aromatic heterocycles. The molecule has 2 N–H and O–H groups in total. The lowest BCUT2D eigenvalue weighted by atomic mass is 9.94. The fourth-order valence-electron chi connectivity index (χ4n) is 6.69. The Balaban J connectivity index is 1.41. The predicted octanol–water partition coefficient (Wildman–Crippen LogP) is 7.14. The molecule has 48 heavy (non-hydrogen) atoms. The van der Waals surface area contributed by atoms with Crippen molar-refractivity contribution < 1.29 is 18.0 Å². The molecule has 7 rings (SSSR count). The Morgan fingerprint density at radius 2 is 1.90 bits per heavy atom. The molecule has 1 amide bonds. The van der Waals surface area contributed by atoms with Crippen LogP contribution in [-0.4, -0.2) is 48.3 Å². The van der Waals surface area contributed by atoms with E-state index in [4.69, 9.17) is 5.10 Å². The minimum Gasteiger partial charge on any atom is -0.371 e. The van der Waals surface area contributed by atoms with Gasteiger partial charge in [-0.2, -0.15) is 23.4 Å². The van der Waals surface area contributed by atoms with Crippen molar-refractivity contribution in [3.05, 3.63) is 121 Å². The average Bonchev–Trinajstić information content (AvgIpc) is 3.68. The van der Waals surface area contributed by atoms with E-state index >= 15 is 0 Å². The number of hydrogen-bond donors (Lipinski definition) is 2. The van der Waals surface area contributed by atoms with Crippen LogP contribution in [0.2, 0.25) is 0 Å². The second-order valence-electron chi connectivity index (χ2n) is 12.0. The number of alkyl halides is 3. The van der Waals surface area contributed by atoms with Crippen molar-refractivity contribution in [2.75, 3.05) is 12.4 Å². The molecule has 9 nitrogen and oxygen atoms in total. The maximum absolute atomic E-state index is 14.7. The highest BCUT2D eigenvalue weighted by molar-refractivity contribution is 9.10. The Bertz CT molecular complexity index is 2240. The Morgan fingerprint density at radius 3 is 2.62 bits per heavy atom. The molecule has 0 radical (unpaired) electrons. The molecule has 0 fully saturated rings. The van der Waals surface area contributed by atoms with Crippen LogP contribution in [0, 0.1) is 0 Å². The quantitative estimate of drug-likeness (QED) is 0.183. The van der Waals surface area contributed by atoms with Crippen LogP contribution in [0.3, 0.4) is 0 Å². The number of fused-ring (bicyclic) bond motifs is 4. The summed E-state index contributed by atoms with van der Waals surface area (Å²) in [7, 11) is 1.79. The van der Waals surface area contributed by atoms with Gasteiger partial charge >= 0.3 is 6.18 Å². The first-order chi connectivity index (χ1) is 23.1. The Labute approximate surface area is 281 Å². The van der Waals surface area contributed by atoms with Crippen LogP contribution < -0.4 is 10.9 Å². The molecule has 0 saturated carbocycles. The Hall–Kier alpha value is -4.91. The number of carbonyl (C=O) groups excluding carboxylic acids is 1. The van der Waals surface area contributed by atoms with E-state index in [1.165, 1.54) is 12.1 Å². The first kappa shape index (κ1) is 31.7. The minimum atomic E-state index is -4.64. The SMILES string of the molecule is CCC[C@@H]1Cc2c(n3ncc(Cc4ccccc4)c3n(-c3ccc4c(NC)n[nH]c4c3)c2=O)CN1C(=O)c1ccc(Br)c(C(F)(F)F)c1. The molecule has 0 aliphatic carbocycles. The number of anilines is 1. The van der Waals surface area contributed by atoms with Crippen LogP contribution in [0.15, 0.2) is 82.2 Å². The number of nitrogens with zero attached hydrogens (tertiary/aromatic N) is 5. The summed E-state index contributed by atoms with van der Waals surface area (Å²) >= 11 is 2.97. The number of nitrogens with one attached hydrogen (secondary N) is 2. The molecule has 3 aromatic carbocycles. The van der Waals surface area contributed by atoms with Crippen LogP contribution in [0.5, 0.6) is 0 Å². The van der Waals surface area contributed by atoms with Crippen molar-refractivity contribution in [2.24, 2.45) is 0 Å². The van der Waals surface area contributed by atoms with Gasteiger partial charge in [0.1, 0.15) is 5.65 Å². The van der Waals surface area contributed by atoms with E-state index in [1.807, 2.05) is 55.5 Å². The molecular formula is C35H31BrF3N7O2. The number of rotatable bonds is 7. The molecule has 13 heteroatoms. The molecule has 0 unspecified atom stereocenters. The van der Waals surface area contributed by atoms with Gasteiger partial charge in [-0.3, -0.25) is 19.3 Å². The number of aromatic amines is 1. The molecule has 1 aliphatic heterocycles. The van der Waals surface area contributed by atoms with Gasteiger partial charge in [-0.1, -0.05) is 59.6 Å². The maximum atomic E-state index is 14.7. The van der Waals surface area contributed by atoms with Crippen molar-refractivity contribution in [1.29, 1.82) is 0 Å². The highest BCUT2D eigenvalue weighted by atomic mass is 79.9. The van der Waals surface area contributed by atoms with E-state index in [2.05, 4.69) is 31.4 Å². The second kappa shape index (κ2) is 12.3. The number of hydrogen-bond acceptors (Lipinski definition) is 5. The summed E-state index contributed by atoms with van der Waals surface area (Å²) in [5.41, 5.74) is 3.61. The Kier molecular flexibility index (Phi) is 8.10. The Morgan fingerprint density at radius 1 is 1.10 bits per heavy atom. The summed E-state index contributed by atoms with van der Waals surface area (Å²) < 4.78 is 44.6. The molecular weight excluding hydrogens is 687 g/mol. The summed E-state index contributed by atoms with van der Waals surface area (Å²) in [4.78, 5) is 30.3. The number of aromatic nitrogens is 5. The lowest BCUT2D eigenvalue weighted by Crippen LogP contribution is -2.47. The minimum absolute atomic E-state index is 0.0143. The summed E-state index contributed by atoms with van der Waals surface area (Å²) in [5.74, 6) is 0.157. The van der Waals surface area contributed by atoms with Crippen LogP contribution in [0.25, 0.3) is 22.2 Å². The zero-order valence-corrected chi connectivity index (χ0v) is 27.7. The van der Waals surface area contributed by atoms with Crippen molar-refractivity contribution >= 4 is 44.2 Å². The van der Waals surface area contributed by atoms with Gasteiger partial charge < -0.3 is 10.2 Å². The number of benzene rings is 3. The van der Waals surface area contributed by atoms with Gasteiger partial charge in [-0.15, -0.1) is 0 Å². The predicted molar refractivity (Wildman–Crippen MR) is 181 cm³/mol. The normalized spacial score (nSPS) is 14.9. The summed E-state index contributed by atoms with van der Waals surface area (Å²) in [6, 6.07) is 18.6. The number of H-pyrrole nitrogens is 1. The standard InChI is InChI=1S/C35H31BrF3N7O2/c1-3-7-23-16-26-30(19-44(23)33(47)21-10-13-28(36)27(15-21)35(37,38)39)46-32(22(18-41-46)14-20-8-5-4-6-9-20)45(34(26)48)24-11-12-25-29(17-24)42-43-31(25)40-2/h4-6,8-13,15,17-18,23H,3,7,14,16,19H2,1-2H3,(H2,40,42,43)/t23-/m1/s1. The lowest BCUT2D eigenvalue weighted by Gasteiger charge is -2.37. The molecule has 1 atom stereocenters. The van der Waals surface area contributed by atoms with E-state index in [9.17, 15) is 22.8 Å². The van der Waals surface area contributed by atoms with Crippen LogP contribution in [0.4, 0.5) is 19.0 Å². The van der Waals surface area contributed by atoms with Gasteiger partial charge in [0.2, 0.25) is 0 Å². The smallest absolute Gasteiger partial charge is 0.371 e. The molecule has 6 aromatic rings. The van der Waals surface area contributed by atoms with Gasteiger partial charge in [0.25, 0.3) is 11.5 Å². The van der Waals surface area contributed by atoms with E-state index in [1.54, 1.807) is 27.2 Å². The van der Waals surface area contributed by atoms with Crippen LogP contribution in [-0.2, 0) is 25.6 Å². The van der Waals surface area contributed by atoms with E-state index in [0.717, 1.165) is 28.1 Å². The summed E-state index contributed by atoms with van der Waals surface area (Å²) in [5, 5.41) is 16.1. The highest BCUT2D eigenvalue weighted by Crippen LogP contribution is 2.36. The molecule has 0 saturated heterocycles. The van der Waals surface area contributed by atoms with E-state index < -0.39 is 23.7 Å². The third-order valence-corrected chi connectivity index (χ3v) is 9.67. The third kappa shape index (κ3) is 5.45. The van der Waals surface area contributed by atoms with Gasteiger partial charge in [-0.25, -0.2) is 4.52 Å². The van der Waals surface area contributed by atoms with Crippen molar-refractivity contribution in [2.45, 2.75) is 51.4 Å². The second-order valence-corrected chi connectivity index (χ2v) is 12.8. The molecule has 0 spiro atoms. The number of amides is 1. The van der Waals surface area contributed by atoms with E-state index in [-0.39, 0.29) is 28.6 Å². The van der Waals surface area contributed by atoms with Crippen LogP contribution in [0.1, 0.15) is 58.1 Å². The van der Waals surface area contributed by atoms with Gasteiger partial charge in [0, 0.05) is 52.5 Å². The zero-order valence-electron chi connectivity index (χ0n) is 26.1. The van der Waals surface area contributed by atoms with Crippen molar-refractivity contribution in [3.8, 4) is 5.69 Å². The van der Waals surface area contributed by atoms with E-state index in [0.29, 0.717) is 47.7 Å². The zero-order chi connectivity index (χ0) is 33.7. The lowest BCUT2D eigenvalue weighted by molar-refractivity contribution is -0.138. The van der Waals surface area contributed by atoms with Crippen molar-refractivity contribution in [1.82, 2.24) is 29.3 Å². The number of carbonyl (C=O) groups is 1. The molecule has 246 valence electrons. The maximum Gasteiger partial charge on any atom is 0.417 e. The largest absolute Gasteiger partial charge is 0.417 e. The molecule has 4 heterocycles. The first-order valence-electron chi connectivity index (χ1n) is 15.6. The van der Waals surface area contributed by atoms with Crippen LogP contribution >= 0.6 is 15.9 Å². The fourth-order valence-corrected chi connectivity index (χ4v) is 7.16. The topological polar surface area (TPSA) is 100 Å². The van der Waals surface area contributed by atoms with Gasteiger partial charge in [0.15, 0.2) is 5.82 Å². The highest BCUT2D eigenvalue weighted by Gasteiger charge is 2.37. The van der Waals surface area contributed by atoms with Gasteiger partial charge in [-0.05, 0) is 48.4 Å². The fraction of sp³-hybridized carbons (Fsp3) is 0.257. The van der Waals surface area contributed by atoms with Gasteiger partial charge in [0.05, 0.1) is 35.2 Å². The molecule has 0 bridgehead atoms. The summed E-state index contributed by atoms with van der Waals surface area (Å²) in [6.07, 6.45) is -0.892. The average molecular weight is 719 g/mol. The molecule has 1 aliphatic rings. The third-order valence-electron chi connectivity index (χ3n) is 8.97. The number of halogens is 4. The monoisotopic (exact) mass is 717 g/mol. The van der Waals surface area contributed by atoms with Crippen molar-refractivity contribution in [3.63, 3.8) is 0 Å². The first-order valence-corrected chi connectivity index (χ1v) is 16.4. The summed E-state index contributed by atoms with van der Waals surface area (Å²) in [6.45, 7) is 1.99.